The molecule has 58 radical (unpaired) electrons. The van der Waals surface area contributed by atoms with Gasteiger partial charge in [-0.25, -0.2) is 19.4 Å². The number of nitrogens with two attached hydrogens (primary N) is 1. The smallest absolute Gasteiger partial charge is 0.416 e. The van der Waals surface area contributed by atoms with Crippen LogP contribution in [0.25, 0.3) is 0 Å². The highest BCUT2D eigenvalue weighted by Gasteiger charge is 2.62. The molecule has 2 aliphatic heterocycles. The molecule has 71 heteroatoms. The van der Waals surface area contributed by atoms with E-state index in [-0.39, 0.29) is 35.6 Å². The summed E-state index contributed by atoms with van der Waals surface area (Å²) in [5.74, 6) is 1.16. The van der Waals surface area contributed by atoms with Gasteiger partial charge in [-0.3, -0.25) is 15.1 Å². The van der Waals surface area contributed by atoms with E-state index in [4.69, 9.17) is 272 Å². The minimum absolute atomic E-state index is 0.201. The Labute approximate surface area is 646 Å². The Kier molecular flexibility index (Phi) is 40.0. The van der Waals surface area contributed by atoms with Gasteiger partial charge in [0.2, 0.25) is 0 Å². The summed E-state index contributed by atoms with van der Waals surface area (Å²) in [6.45, 7) is 12.1. The summed E-state index contributed by atoms with van der Waals surface area (Å²) < 4.78 is 21.7. The molecular formula is C27H36B56Cl2N6O7. The molecule has 1 aromatic carbocycles. The van der Waals surface area contributed by atoms with Crippen LogP contribution < -0.4 is 35.6 Å². The van der Waals surface area contributed by atoms with Gasteiger partial charge in [-0.1, -0.05) is 23.2 Å². The van der Waals surface area contributed by atoms with E-state index in [0.29, 0.717) is 35.3 Å². The number of hydrogen-bond donors (Lipinski definition) is 3. The maximum atomic E-state index is 12.3. The van der Waals surface area contributed by atoms with Gasteiger partial charge in [-0.05, 0) is 53.7 Å². The number of anilines is 4. The average molecular weight is 1230 g/mol. The van der Waals surface area contributed by atoms with Gasteiger partial charge in [0.1, 0.15) is 30.2 Å². The highest BCUT2D eigenvalue weighted by molar-refractivity contribution is 8.37. The van der Waals surface area contributed by atoms with Gasteiger partial charge in [-0.2, -0.15) is 0 Å². The van der Waals surface area contributed by atoms with Crippen molar-refractivity contribution in [2.45, 2.75) is 52.7 Å². The van der Waals surface area contributed by atoms with Crippen LogP contribution in [-0.4, -0.2) is 465 Å². The Morgan fingerprint density at radius 1 is 0.439 bits per heavy atom. The first-order valence-electron chi connectivity index (χ1n) is 31.4. The van der Waals surface area contributed by atoms with Crippen molar-refractivity contribution in [3.63, 3.8) is 0 Å². The molecule has 0 unspecified atom stereocenters. The zero-order valence-electron chi connectivity index (χ0n) is 56.9. The minimum atomic E-state index is -1.48. The number of nitrogen functional groups attached to an aromatic ring is 1. The Hall–Kier alpha value is -0.204. The number of benzene rings is 1. The number of halogens is 2. The summed E-state index contributed by atoms with van der Waals surface area (Å²) in [4.78, 5) is 43.0. The Balaban J connectivity index is 0.000000621. The molecule has 0 fully saturated rings. The first-order chi connectivity index (χ1) is 44.9. The number of carbonyl (C=O) groups excluding carboxylic acids is 3. The van der Waals surface area contributed by atoms with Crippen molar-refractivity contribution in [3.05, 3.63) is 28.2 Å². The second-order valence-electron chi connectivity index (χ2n) is 26.7. The molecule has 4 N–H and O–H groups in total. The zero-order valence-corrected chi connectivity index (χ0v) is 58.4. The third-order valence-corrected chi connectivity index (χ3v) is 17.4. The van der Waals surface area contributed by atoms with Crippen molar-refractivity contribution in [2.75, 3.05) is 54.2 Å². The second-order valence-corrected chi connectivity index (χ2v) is 27.6. The monoisotopic (exact) mass is 1240 g/mol. The minimum Gasteiger partial charge on any atom is -0.488 e. The van der Waals surface area contributed by atoms with Crippen LogP contribution in [0.15, 0.2) is 18.2 Å². The molecule has 4 rings (SSSR count). The third-order valence-electron chi connectivity index (χ3n) is 16.9. The number of amides is 4. The molecule has 0 saturated heterocycles. The van der Waals surface area contributed by atoms with E-state index in [2.05, 4.69) is 15.6 Å². The van der Waals surface area contributed by atoms with Gasteiger partial charge < -0.3 is 30.0 Å². The number of ether oxygens (including phenoxy) is 4. The lowest BCUT2D eigenvalue weighted by molar-refractivity contribution is 0.0556. The molecule has 1 aromatic heterocycles. The maximum Gasteiger partial charge on any atom is 0.416 e. The van der Waals surface area contributed by atoms with Gasteiger partial charge >= 0.3 is 18.2 Å². The highest BCUT2D eigenvalue weighted by Crippen LogP contribution is 2.41. The van der Waals surface area contributed by atoms with Gasteiger partial charge in [0.25, 0.3) is 0 Å². The number of aromatic nitrogens is 1. The fraction of sp³-hybridized carbons (Fsp3) is 0.481. The lowest BCUT2D eigenvalue weighted by atomic mass is 8.23. The molecule has 4 amide bonds. The van der Waals surface area contributed by atoms with Crippen LogP contribution in [0.1, 0.15) is 41.5 Å². The van der Waals surface area contributed by atoms with E-state index < -0.39 is 202 Å². The van der Waals surface area contributed by atoms with E-state index >= 15 is 0 Å². The summed E-state index contributed by atoms with van der Waals surface area (Å²) in [5.41, 5.74) is 5.58. The molecule has 0 saturated carbocycles. The Morgan fingerprint density at radius 3 is 1.03 bits per heavy atom. The van der Waals surface area contributed by atoms with Crippen LogP contribution in [-0.2, 0) is 9.47 Å². The lowest BCUT2D eigenvalue weighted by Crippen LogP contribution is -2.96. The topological polar surface area (TPSA) is 158 Å². The third kappa shape index (κ3) is 26.6. The van der Waals surface area contributed by atoms with E-state index in [0.717, 1.165) is 0 Å². The number of fused-ring (bicyclic) bond motifs is 2. The highest BCUT2D eigenvalue weighted by atomic mass is 35.5. The predicted molar refractivity (Wildman–Crippen MR) is 484 cm³/mol. The zero-order chi connectivity index (χ0) is 76.0. The van der Waals surface area contributed by atoms with E-state index in [1.54, 1.807) is 32.9 Å². The molecule has 0 spiro atoms. The molecule has 3 heterocycles. The standard InChI is InChI=1S/C14H19ClN4O4.C13H17ClN2O3.B56/c1-14(2,3)23-13(21)19-5-6-22-10-8(15)7-9(17-11(10)19)18-12(20)16-4;1-13(2,3)19-12(17)16-4-5-18-11-9(14)6-8(15)7-10(11)16;1-30(2)44(29)51(43(27)28)55(52(45(31(3)4)32(5)6)46(33(7)8)34(9)10)56(53(47(35(11)12)36(13)14)48(37(15)16)38(17)18)54(49(39(19)20)40(21)22)50(41(23)24)42(25)26/h7H,5-6H2,1-4H3,(H2,16,17,18,20);6-7H,4-5,15H2,1-3H3;. The van der Waals surface area contributed by atoms with E-state index in [1.807, 2.05) is 20.8 Å². The summed E-state index contributed by atoms with van der Waals surface area (Å²) in [6, 6.07) is 4.26. The quantitative estimate of drug-likeness (QED) is 0.0585. The normalized spacial score (nSPS) is 11.6. The van der Waals surface area contributed by atoms with Crippen LogP contribution in [0.2, 0.25) is 10.0 Å². The van der Waals surface area contributed by atoms with Gasteiger partial charge in [0.05, 0.1) is 28.8 Å². The maximum absolute atomic E-state index is 12.3. The van der Waals surface area contributed by atoms with Crippen LogP contribution in [0.4, 0.5) is 37.4 Å². The van der Waals surface area contributed by atoms with Crippen LogP contribution >= 0.6 is 23.2 Å². The molecule has 0 atom stereocenters. The molecule has 2 aliphatic rings. The van der Waals surface area contributed by atoms with Crippen molar-refractivity contribution in [1.29, 1.82) is 0 Å². The predicted octanol–water partition coefficient (Wildman–Crippen LogP) is -15.6. The number of carbonyl (C=O) groups is 3. The Morgan fingerprint density at radius 2 is 0.724 bits per heavy atom. The summed E-state index contributed by atoms with van der Waals surface area (Å²) in [5, 5.41) is 5.56. The van der Waals surface area contributed by atoms with Crippen molar-refractivity contribution in [2.24, 2.45) is 0 Å². The number of nitrogens with zero attached hydrogens (tertiary/aromatic N) is 3. The molecular weight excluding hydrogens is 1200 g/mol. The number of hydrogen-bond acceptors (Lipinski definition) is 9. The molecule has 398 valence electrons. The largest absolute Gasteiger partial charge is 0.488 e. The van der Waals surface area contributed by atoms with Gasteiger partial charge in [0, 0.05) is 416 Å². The second kappa shape index (κ2) is 41.8. The summed E-state index contributed by atoms with van der Waals surface area (Å²) in [7, 11) is 191. The molecule has 0 bridgehead atoms. The SMILES string of the molecule is CC(C)(C)OC(=O)N1CCOc2c(Cl)cc(N)cc21.CNC(=O)Nc1cc(Cl)c2c(n1)N(C(=O)OC(C)(C)C)CCO2.[B]B([B])B([B])B(B([B])[B])B(B(B(B([B])[B])B([B])[B])B(B([B])[B])B([B])[B])B(B(B(B([B])[B])B([B])[B])B(B([B])[B])B([B])[B])B(B(B([B])[B])B([B])[B])B(B([B])[B])B([B])[B]. The fourth-order valence-corrected chi connectivity index (χ4v) is 13.7. The van der Waals surface area contributed by atoms with Crippen LogP contribution in [0.3, 0.4) is 0 Å². The van der Waals surface area contributed by atoms with E-state index in [9.17, 15) is 14.4 Å². The van der Waals surface area contributed by atoms with Crippen molar-refractivity contribution >= 4 is 461 Å². The Bertz CT molecular complexity index is 2650. The molecule has 98 heavy (non-hydrogen) atoms. The number of nitrogens with one attached hydrogen (secondary N) is 2. The fourth-order valence-electron chi connectivity index (χ4n) is 13.2. The lowest BCUT2D eigenvalue weighted by Gasteiger charge is -2.58. The molecule has 0 aliphatic carbocycles. The summed E-state index contributed by atoms with van der Waals surface area (Å²) >= 11 is 12.2. The van der Waals surface area contributed by atoms with Crippen molar-refractivity contribution in [3.8, 4) is 11.5 Å². The number of pyridine rings is 1. The average Bonchev–Trinajstić information content (AvgIpc) is 0.732. The van der Waals surface area contributed by atoms with Gasteiger partial charge in [0.15, 0.2) is 17.3 Å². The van der Waals surface area contributed by atoms with E-state index in [1.165, 1.54) is 22.9 Å². The molecule has 2 aromatic rings. The van der Waals surface area contributed by atoms with Crippen LogP contribution in [0, 0.1) is 0 Å². The first-order valence-corrected chi connectivity index (χ1v) is 32.1. The van der Waals surface area contributed by atoms with Crippen molar-refractivity contribution < 1.29 is 33.3 Å². The van der Waals surface area contributed by atoms with Crippen molar-refractivity contribution in [1.82, 2.24) is 10.3 Å². The molecule has 13 nitrogen and oxygen atoms in total. The first kappa shape index (κ1) is 93.9. The van der Waals surface area contributed by atoms with Crippen LogP contribution in [0.5, 0.6) is 11.5 Å². The van der Waals surface area contributed by atoms with Gasteiger partial charge in [-0.15, -0.1) is 0 Å². The number of urea groups is 1. The summed E-state index contributed by atoms with van der Waals surface area (Å²) in [6.07, 6.45) is -38.1. The number of rotatable bonds is 27.